The summed E-state index contributed by atoms with van der Waals surface area (Å²) in [5.74, 6) is 1.01. The number of benzene rings is 1. The molecule has 1 aliphatic rings. The summed E-state index contributed by atoms with van der Waals surface area (Å²) < 4.78 is 5.20. The van der Waals surface area contributed by atoms with Crippen molar-refractivity contribution in [1.82, 2.24) is 15.1 Å². The summed E-state index contributed by atoms with van der Waals surface area (Å²) in [4.78, 5) is 32.9. The average molecular weight is 453 g/mol. The molecule has 0 unspecified atom stereocenters. The van der Waals surface area contributed by atoms with Gasteiger partial charge in [-0.15, -0.1) is 0 Å². The summed E-state index contributed by atoms with van der Waals surface area (Å²) in [6.45, 7) is 5.84. The molecule has 0 bridgehead atoms. The fraction of sp³-hybridized carbons (Fsp3) is 0.375. The first kappa shape index (κ1) is 22.1. The van der Waals surface area contributed by atoms with Crippen molar-refractivity contribution >= 4 is 29.1 Å². The molecule has 8 heteroatoms. The van der Waals surface area contributed by atoms with Gasteiger partial charge in [0.2, 0.25) is 23.4 Å². The second kappa shape index (κ2) is 8.82. The monoisotopic (exact) mass is 452 g/mol. The van der Waals surface area contributed by atoms with Crippen LogP contribution in [-0.4, -0.2) is 26.8 Å². The molecule has 2 aromatic heterocycles. The Bertz CT molecular complexity index is 1160. The molecule has 7 nitrogen and oxygen atoms in total. The molecule has 1 aliphatic carbocycles. The summed E-state index contributed by atoms with van der Waals surface area (Å²) in [5.41, 5.74) is 2.36. The molecule has 4 rings (SSSR count). The zero-order valence-electron chi connectivity index (χ0n) is 18.3. The molecule has 2 heterocycles. The number of aryl methyl sites for hydroxylation is 1. The number of aromatic nitrogens is 3. The minimum atomic E-state index is -0.307. The topological polar surface area (TPSA) is 98.0 Å². The van der Waals surface area contributed by atoms with Crippen molar-refractivity contribution in [2.24, 2.45) is 5.92 Å². The lowest BCUT2D eigenvalue weighted by molar-refractivity contribution is -0.117. The van der Waals surface area contributed by atoms with E-state index < -0.39 is 0 Å². The highest BCUT2D eigenvalue weighted by Crippen LogP contribution is 2.31. The average Bonchev–Trinajstić information content (AvgIpc) is 3.48. The van der Waals surface area contributed by atoms with Crippen LogP contribution in [0.2, 0.25) is 5.02 Å². The first-order chi connectivity index (χ1) is 15.2. The highest BCUT2D eigenvalue weighted by Gasteiger charge is 2.29. The molecule has 0 atom stereocenters. The van der Waals surface area contributed by atoms with Crippen LogP contribution in [0.4, 0.5) is 5.82 Å². The van der Waals surface area contributed by atoms with E-state index in [1.165, 1.54) is 0 Å². The van der Waals surface area contributed by atoms with Gasteiger partial charge in [0.1, 0.15) is 5.82 Å². The van der Waals surface area contributed by atoms with Crippen molar-refractivity contribution < 1.29 is 14.1 Å². The van der Waals surface area contributed by atoms with Gasteiger partial charge in [-0.2, -0.15) is 4.98 Å². The molecule has 0 spiro atoms. The zero-order chi connectivity index (χ0) is 22.9. The van der Waals surface area contributed by atoms with Crippen LogP contribution in [0.3, 0.4) is 0 Å². The third-order valence-electron chi connectivity index (χ3n) is 5.28. The third-order valence-corrected chi connectivity index (χ3v) is 5.64. The lowest BCUT2D eigenvalue weighted by Gasteiger charge is -2.10. The van der Waals surface area contributed by atoms with E-state index in [-0.39, 0.29) is 35.3 Å². The number of hydrogen-bond donors (Lipinski definition) is 1. The number of rotatable bonds is 7. The number of amides is 1. The molecule has 1 fully saturated rings. The SMILES string of the molecule is CC(C)(C)c1nc(C(=O)CCc2ccc(-c3ccnc(NC(=O)C4CC4)c3)cc2Cl)no1. The molecule has 0 aliphatic heterocycles. The smallest absolute Gasteiger partial charge is 0.238 e. The molecule has 1 N–H and O–H groups in total. The first-order valence-corrected chi connectivity index (χ1v) is 11.0. The number of ketones is 1. The second-order valence-corrected chi connectivity index (χ2v) is 9.50. The minimum Gasteiger partial charge on any atom is -0.338 e. The number of hydrogen-bond acceptors (Lipinski definition) is 6. The van der Waals surface area contributed by atoms with Crippen LogP contribution in [0.15, 0.2) is 41.1 Å². The van der Waals surface area contributed by atoms with Gasteiger partial charge < -0.3 is 9.84 Å². The normalized spacial score (nSPS) is 13.8. The lowest BCUT2D eigenvalue weighted by Crippen LogP contribution is -2.14. The molecule has 3 aromatic rings. The van der Waals surface area contributed by atoms with Gasteiger partial charge in [0.25, 0.3) is 0 Å². The van der Waals surface area contributed by atoms with Crippen LogP contribution >= 0.6 is 11.6 Å². The van der Waals surface area contributed by atoms with Crippen molar-refractivity contribution in [1.29, 1.82) is 0 Å². The molecule has 32 heavy (non-hydrogen) atoms. The van der Waals surface area contributed by atoms with Gasteiger partial charge in [0.15, 0.2) is 0 Å². The molecular weight excluding hydrogens is 428 g/mol. The van der Waals surface area contributed by atoms with Gasteiger partial charge in [0.05, 0.1) is 0 Å². The molecule has 1 aromatic carbocycles. The van der Waals surface area contributed by atoms with Gasteiger partial charge >= 0.3 is 0 Å². The summed E-state index contributed by atoms with van der Waals surface area (Å²) in [6.07, 6.45) is 4.24. The van der Waals surface area contributed by atoms with Crippen molar-refractivity contribution in [3.05, 3.63) is 58.8 Å². The molecule has 1 saturated carbocycles. The molecule has 1 amide bonds. The highest BCUT2D eigenvalue weighted by atomic mass is 35.5. The number of halogens is 1. The fourth-order valence-electron chi connectivity index (χ4n) is 3.18. The van der Waals surface area contributed by atoms with E-state index >= 15 is 0 Å². The Morgan fingerprint density at radius 3 is 2.56 bits per heavy atom. The van der Waals surface area contributed by atoms with Crippen molar-refractivity contribution in [2.45, 2.75) is 51.9 Å². The maximum atomic E-state index is 12.5. The van der Waals surface area contributed by atoms with Crippen molar-refractivity contribution in [3.63, 3.8) is 0 Å². The van der Waals surface area contributed by atoms with Crippen LogP contribution in [0.5, 0.6) is 0 Å². The van der Waals surface area contributed by atoms with E-state index in [1.54, 1.807) is 6.20 Å². The molecule has 0 saturated heterocycles. The maximum Gasteiger partial charge on any atom is 0.238 e. The van der Waals surface area contributed by atoms with Crippen LogP contribution in [-0.2, 0) is 16.6 Å². The predicted octanol–water partition coefficient (Wildman–Crippen LogP) is 5.25. The van der Waals surface area contributed by atoms with Crippen LogP contribution < -0.4 is 5.32 Å². The first-order valence-electron chi connectivity index (χ1n) is 10.6. The van der Waals surface area contributed by atoms with E-state index in [2.05, 4.69) is 20.4 Å². The van der Waals surface area contributed by atoms with E-state index in [9.17, 15) is 9.59 Å². The van der Waals surface area contributed by atoms with E-state index in [4.69, 9.17) is 16.1 Å². The maximum absolute atomic E-state index is 12.5. The number of Topliss-reactive ketones (excluding diaryl/α,β-unsaturated/α-hetero) is 1. The molecule has 166 valence electrons. The standard InChI is InChI=1S/C24H25ClN4O3/c1-24(2,3)23-28-21(29-32-23)19(30)9-8-14-4-7-16(12-18(14)25)17-10-11-26-20(13-17)27-22(31)15-5-6-15/h4,7,10-13,15H,5-6,8-9H2,1-3H3,(H,26,27,31). The Morgan fingerprint density at radius 2 is 1.91 bits per heavy atom. The van der Waals surface area contributed by atoms with Gasteiger partial charge in [-0.1, -0.05) is 49.7 Å². The summed E-state index contributed by atoms with van der Waals surface area (Å²) in [6, 6.07) is 9.41. The number of carbonyl (C=O) groups is 2. The molecule has 0 radical (unpaired) electrons. The van der Waals surface area contributed by atoms with Crippen LogP contribution in [0, 0.1) is 5.92 Å². The lowest BCUT2D eigenvalue weighted by atomic mass is 9.97. The van der Waals surface area contributed by atoms with Crippen LogP contribution in [0.1, 0.15) is 62.1 Å². The minimum absolute atomic E-state index is 0.0175. The quantitative estimate of drug-likeness (QED) is 0.492. The van der Waals surface area contributed by atoms with Crippen molar-refractivity contribution in [3.8, 4) is 11.1 Å². The summed E-state index contributed by atoms with van der Waals surface area (Å²) >= 11 is 6.50. The molecular formula is C24H25ClN4O3. The largest absolute Gasteiger partial charge is 0.338 e. The van der Waals surface area contributed by atoms with Gasteiger partial charge in [-0.25, -0.2) is 4.98 Å². The summed E-state index contributed by atoms with van der Waals surface area (Å²) in [5, 5.41) is 7.24. The van der Waals surface area contributed by atoms with Gasteiger partial charge in [-0.05, 0) is 54.2 Å². The number of nitrogens with one attached hydrogen (secondary N) is 1. The number of carbonyl (C=O) groups excluding carboxylic acids is 2. The Kier molecular flexibility index (Phi) is 6.11. The van der Waals surface area contributed by atoms with E-state index in [0.717, 1.165) is 29.5 Å². The number of nitrogens with zero attached hydrogens (tertiary/aromatic N) is 3. The van der Waals surface area contributed by atoms with Gasteiger partial charge in [-0.3, -0.25) is 9.59 Å². The Balaban J connectivity index is 1.41. The Labute approximate surface area is 191 Å². The second-order valence-electron chi connectivity index (χ2n) is 9.10. The van der Waals surface area contributed by atoms with Gasteiger partial charge in [0, 0.05) is 29.0 Å². The third kappa shape index (κ3) is 5.22. The summed E-state index contributed by atoms with van der Waals surface area (Å²) in [7, 11) is 0. The van der Waals surface area contributed by atoms with Crippen molar-refractivity contribution in [2.75, 3.05) is 5.32 Å². The number of anilines is 1. The van der Waals surface area contributed by atoms with E-state index in [0.29, 0.717) is 23.2 Å². The number of pyridine rings is 1. The predicted molar refractivity (Wildman–Crippen MR) is 122 cm³/mol. The van der Waals surface area contributed by atoms with Crippen LogP contribution in [0.25, 0.3) is 11.1 Å². The fourth-order valence-corrected chi connectivity index (χ4v) is 3.46. The Hall–Kier alpha value is -3.06. The Morgan fingerprint density at radius 1 is 1.16 bits per heavy atom. The zero-order valence-corrected chi connectivity index (χ0v) is 19.1. The highest BCUT2D eigenvalue weighted by molar-refractivity contribution is 6.31. The van der Waals surface area contributed by atoms with E-state index in [1.807, 2.05) is 51.1 Å².